The predicted octanol–water partition coefficient (Wildman–Crippen LogP) is -3.22. The molecule has 1 aliphatic heterocycles. The fourth-order valence-corrected chi connectivity index (χ4v) is 1.08. The van der Waals surface area contributed by atoms with Crippen LogP contribution in [-0.4, -0.2) is 62.8 Å². The van der Waals surface area contributed by atoms with Crippen molar-refractivity contribution in [2.24, 2.45) is 0 Å². The van der Waals surface area contributed by atoms with Gasteiger partial charge in [0.2, 0.25) is 0 Å². The van der Waals surface area contributed by atoms with Gasteiger partial charge in [-0.05, 0) is 0 Å². The van der Waals surface area contributed by atoms with Crippen molar-refractivity contribution in [2.75, 3.05) is 6.61 Å². The molecule has 1 saturated heterocycles. The first kappa shape index (κ1) is 9.85. The van der Waals surface area contributed by atoms with E-state index in [4.69, 9.17) is 25.5 Å². The van der Waals surface area contributed by atoms with Crippen LogP contribution in [0.5, 0.6) is 0 Å². The fourth-order valence-electron chi connectivity index (χ4n) is 1.08. The Morgan fingerprint density at radius 1 is 0.917 bits per heavy atom. The summed E-state index contributed by atoms with van der Waals surface area (Å²) in [6.07, 6.45) is -7.04. The Hall–Kier alpha value is -0.240. The zero-order valence-corrected chi connectivity index (χ0v) is 6.24. The van der Waals surface area contributed by atoms with Crippen LogP contribution in [0.1, 0.15) is 0 Å². The quantitative estimate of drug-likeness (QED) is 0.275. The standard InChI is InChI=1S/C6H12O6/c7-1-2-3(8)4(9)5(10)6(11)12-2/h2-11H,1H2/i1+1,2+1,3+1,4+1,5+1,6+1. The van der Waals surface area contributed by atoms with Crippen LogP contribution in [0.15, 0.2) is 0 Å². The number of aliphatic hydroxyl groups excluding tert-OH is 5. The van der Waals surface area contributed by atoms with Crippen LogP contribution in [-0.2, 0) is 4.74 Å². The van der Waals surface area contributed by atoms with Crippen molar-refractivity contribution < 1.29 is 30.3 Å². The van der Waals surface area contributed by atoms with Gasteiger partial charge in [0.05, 0.1) is 6.61 Å². The predicted molar refractivity (Wildman–Crippen MR) is 36.0 cm³/mol. The highest BCUT2D eigenvalue weighted by Crippen LogP contribution is 2.18. The van der Waals surface area contributed by atoms with Gasteiger partial charge in [-0.15, -0.1) is 0 Å². The molecule has 5 N–H and O–H groups in total. The lowest BCUT2D eigenvalue weighted by atomic mass is 10.9. The van der Waals surface area contributed by atoms with Crippen LogP contribution in [0.25, 0.3) is 0 Å². The maximum atomic E-state index is 9.12. The van der Waals surface area contributed by atoms with Crippen LogP contribution >= 0.6 is 0 Å². The summed E-state index contributed by atoms with van der Waals surface area (Å²) >= 11 is 0. The van der Waals surface area contributed by atoms with Gasteiger partial charge in [-0.3, -0.25) is 0 Å². The minimum absolute atomic E-state index is 0.526. The minimum Gasteiger partial charge on any atom is -0.394 e. The molecular formula is C6H12O6. The Balaban J connectivity index is 2.63. The van der Waals surface area contributed by atoms with E-state index in [1.807, 2.05) is 0 Å². The van der Waals surface area contributed by atoms with Gasteiger partial charge < -0.3 is 30.3 Å². The second kappa shape index (κ2) is 3.65. The molecule has 6 heteroatoms. The van der Waals surface area contributed by atoms with Crippen molar-refractivity contribution in [2.45, 2.75) is 30.7 Å². The second-order valence-corrected chi connectivity index (χ2v) is 2.72. The summed E-state index contributed by atoms with van der Waals surface area (Å²) in [6, 6.07) is 0. The molecule has 6 nitrogen and oxygen atoms in total. The average molecular weight is 186 g/mol. The molecule has 0 spiro atoms. The van der Waals surface area contributed by atoms with Gasteiger partial charge in [0.15, 0.2) is 6.29 Å². The molecule has 0 aromatic heterocycles. The molecule has 5 atom stereocenters. The molecule has 72 valence electrons. The van der Waals surface area contributed by atoms with Gasteiger partial charge in [-0.2, -0.15) is 0 Å². The molecule has 1 heterocycles. The van der Waals surface area contributed by atoms with E-state index >= 15 is 0 Å². The minimum atomic E-state index is -1.57. The number of hydrogen-bond acceptors (Lipinski definition) is 6. The number of hydrogen-bond donors (Lipinski definition) is 5. The van der Waals surface area contributed by atoms with Gasteiger partial charge in [-0.1, -0.05) is 0 Å². The first-order chi connectivity index (χ1) is 5.57. The lowest BCUT2D eigenvalue weighted by molar-refractivity contribution is -0.286. The maximum Gasteiger partial charge on any atom is 0.184 e. The molecule has 0 aromatic carbocycles. The molecule has 0 aliphatic carbocycles. The Morgan fingerprint density at radius 3 is 2.00 bits per heavy atom. The van der Waals surface area contributed by atoms with E-state index in [1.165, 1.54) is 0 Å². The van der Waals surface area contributed by atoms with Crippen molar-refractivity contribution in [3.8, 4) is 0 Å². The molecule has 12 heavy (non-hydrogen) atoms. The van der Waals surface area contributed by atoms with Gasteiger partial charge in [0.1, 0.15) is 24.4 Å². The van der Waals surface area contributed by atoms with Gasteiger partial charge in [0.25, 0.3) is 0 Å². The summed E-state index contributed by atoms with van der Waals surface area (Å²) in [7, 11) is 0. The first-order valence-corrected chi connectivity index (χ1v) is 3.56. The van der Waals surface area contributed by atoms with Crippen LogP contribution in [0.4, 0.5) is 0 Å². The monoisotopic (exact) mass is 186 g/mol. The molecule has 5 unspecified atom stereocenters. The largest absolute Gasteiger partial charge is 0.394 e. The van der Waals surface area contributed by atoms with E-state index in [0.29, 0.717) is 0 Å². The molecule has 0 aromatic rings. The highest BCUT2D eigenvalue weighted by atomic mass is 16.8. The number of aliphatic hydroxyl groups is 5. The van der Waals surface area contributed by atoms with Crippen LogP contribution in [0.2, 0.25) is 0 Å². The molecule has 1 aliphatic rings. The molecule has 1 rings (SSSR count). The third-order valence-electron chi connectivity index (χ3n) is 1.87. The molecule has 0 bridgehead atoms. The van der Waals surface area contributed by atoms with Gasteiger partial charge >= 0.3 is 0 Å². The zero-order valence-electron chi connectivity index (χ0n) is 6.24. The highest BCUT2D eigenvalue weighted by Gasteiger charge is 2.42. The molecule has 1 fully saturated rings. The van der Waals surface area contributed by atoms with Crippen LogP contribution in [0, 0.1) is 0 Å². The number of rotatable bonds is 1. The second-order valence-electron chi connectivity index (χ2n) is 2.72. The van der Waals surface area contributed by atoms with Gasteiger partial charge in [0, 0.05) is 0 Å². The summed E-state index contributed by atoms with van der Waals surface area (Å²) in [5, 5.41) is 44.7. The van der Waals surface area contributed by atoms with E-state index in [0.717, 1.165) is 0 Å². The van der Waals surface area contributed by atoms with E-state index in [1.54, 1.807) is 0 Å². The summed E-state index contributed by atoms with van der Waals surface area (Å²) in [5.41, 5.74) is 0. The number of ether oxygens (including phenoxy) is 1. The summed E-state index contributed by atoms with van der Waals surface area (Å²) in [5.74, 6) is 0. The normalized spacial score (nSPS) is 49.2. The zero-order chi connectivity index (χ0) is 9.30. The lowest BCUT2D eigenvalue weighted by Gasteiger charge is -2.37. The summed E-state index contributed by atoms with van der Waals surface area (Å²) < 4.78 is 4.58. The molecule has 0 saturated carbocycles. The SMILES string of the molecule is O[13CH2][13CH]1O[13CH](O)[13CH](O)[13CH](O)[13CH]1O. The van der Waals surface area contributed by atoms with Crippen molar-refractivity contribution in [1.82, 2.24) is 0 Å². The first-order valence-electron chi connectivity index (χ1n) is 3.56. The van der Waals surface area contributed by atoms with Crippen molar-refractivity contribution in [3.63, 3.8) is 0 Å². The Kier molecular flexibility index (Phi) is 2.99. The fraction of sp³-hybridized carbons (Fsp3) is 1.00. The van der Waals surface area contributed by atoms with E-state index in [-0.39, 0.29) is 0 Å². The van der Waals surface area contributed by atoms with E-state index in [2.05, 4.69) is 4.74 Å². The third kappa shape index (κ3) is 1.58. The van der Waals surface area contributed by atoms with Gasteiger partial charge in [-0.25, -0.2) is 0 Å². The summed E-state index contributed by atoms with van der Waals surface area (Å²) in [4.78, 5) is 0. The van der Waals surface area contributed by atoms with Crippen molar-refractivity contribution in [1.29, 1.82) is 0 Å². The Bertz CT molecular complexity index is 146. The molecule has 0 amide bonds. The van der Waals surface area contributed by atoms with Crippen molar-refractivity contribution >= 4 is 0 Å². The van der Waals surface area contributed by atoms with Crippen LogP contribution < -0.4 is 0 Å². The smallest absolute Gasteiger partial charge is 0.184 e. The molecule has 0 radical (unpaired) electrons. The van der Waals surface area contributed by atoms with Crippen LogP contribution in [0.3, 0.4) is 0 Å². The van der Waals surface area contributed by atoms with Crippen molar-refractivity contribution in [3.05, 3.63) is 0 Å². The van der Waals surface area contributed by atoms with E-state index in [9.17, 15) is 0 Å². The Labute approximate surface area is 68.6 Å². The molecular weight excluding hydrogens is 174 g/mol. The highest BCUT2D eigenvalue weighted by molar-refractivity contribution is 4.87. The Morgan fingerprint density at radius 2 is 1.50 bits per heavy atom. The average Bonchev–Trinajstić information content (AvgIpc) is 2.08. The maximum absolute atomic E-state index is 9.12. The topological polar surface area (TPSA) is 110 Å². The third-order valence-corrected chi connectivity index (χ3v) is 1.87. The summed E-state index contributed by atoms with van der Waals surface area (Å²) in [6.45, 7) is -0.526. The lowest BCUT2D eigenvalue weighted by Crippen LogP contribution is -2.58. The van der Waals surface area contributed by atoms with E-state index < -0.39 is 37.3 Å².